The van der Waals surface area contributed by atoms with Crippen LogP contribution in [0.4, 0.5) is 0 Å². The highest BCUT2D eigenvalue weighted by molar-refractivity contribution is 9.10. The number of benzene rings is 1. The third-order valence-electron chi connectivity index (χ3n) is 3.24. The molecule has 8 heteroatoms. The minimum absolute atomic E-state index is 0.0743. The number of rotatable bonds is 5. The number of carbonyl (C=O) groups excluding carboxylic acids is 2. The number of nitrogens with one attached hydrogen (secondary N) is 1. The van der Waals surface area contributed by atoms with Crippen LogP contribution in [0.25, 0.3) is 0 Å². The predicted molar refractivity (Wildman–Crippen MR) is 91.6 cm³/mol. The van der Waals surface area contributed by atoms with Gasteiger partial charge >= 0.3 is 5.97 Å². The Kier molecular flexibility index (Phi) is 5.37. The Labute approximate surface area is 150 Å². The highest BCUT2D eigenvalue weighted by atomic mass is 79.9. The van der Waals surface area contributed by atoms with E-state index in [2.05, 4.69) is 21.2 Å². The van der Waals surface area contributed by atoms with Gasteiger partial charge in [0.1, 0.15) is 26.4 Å². The van der Waals surface area contributed by atoms with E-state index in [4.69, 9.17) is 14.2 Å². The number of thiophene rings is 1. The van der Waals surface area contributed by atoms with Crippen molar-refractivity contribution in [2.75, 3.05) is 19.8 Å². The standard InChI is InChI=1S/C16H14BrNO5S/c17-11-7-13-12(21-3-4-22-13)6-10(11)9-23-15(19)8-18-16(20)14-2-1-5-24-14/h1-2,5-7H,3-4,8-9H2,(H,18,20). The van der Waals surface area contributed by atoms with Gasteiger partial charge in [-0.25, -0.2) is 0 Å². The van der Waals surface area contributed by atoms with Gasteiger partial charge in [-0.1, -0.05) is 22.0 Å². The zero-order chi connectivity index (χ0) is 16.9. The number of fused-ring (bicyclic) bond motifs is 1. The molecule has 2 aromatic rings. The van der Waals surface area contributed by atoms with Crippen molar-refractivity contribution in [1.29, 1.82) is 0 Å². The van der Waals surface area contributed by atoms with Crippen LogP contribution >= 0.6 is 27.3 Å². The summed E-state index contributed by atoms with van der Waals surface area (Å²) >= 11 is 4.73. The summed E-state index contributed by atoms with van der Waals surface area (Å²) in [6.45, 7) is 0.893. The van der Waals surface area contributed by atoms with Crippen LogP contribution < -0.4 is 14.8 Å². The minimum atomic E-state index is -0.512. The molecule has 0 atom stereocenters. The highest BCUT2D eigenvalue weighted by Crippen LogP contribution is 2.35. The van der Waals surface area contributed by atoms with Gasteiger partial charge in [-0.3, -0.25) is 9.59 Å². The van der Waals surface area contributed by atoms with Gasteiger partial charge in [-0.2, -0.15) is 0 Å². The summed E-state index contributed by atoms with van der Waals surface area (Å²) in [4.78, 5) is 24.1. The molecular weight excluding hydrogens is 398 g/mol. The first-order valence-electron chi connectivity index (χ1n) is 7.19. The fraction of sp³-hybridized carbons (Fsp3) is 0.250. The van der Waals surface area contributed by atoms with Gasteiger partial charge in [0, 0.05) is 10.0 Å². The van der Waals surface area contributed by atoms with E-state index in [9.17, 15) is 9.59 Å². The van der Waals surface area contributed by atoms with Gasteiger partial charge in [0.05, 0.1) is 4.88 Å². The first kappa shape index (κ1) is 16.8. The van der Waals surface area contributed by atoms with E-state index in [1.165, 1.54) is 11.3 Å². The number of amides is 1. The van der Waals surface area contributed by atoms with Crippen LogP contribution in [-0.4, -0.2) is 31.6 Å². The molecular formula is C16H14BrNO5S. The van der Waals surface area contributed by atoms with Crippen molar-refractivity contribution >= 4 is 39.1 Å². The van der Waals surface area contributed by atoms with Crippen molar-refractivity contribution in [2.24, 2.45) is 0 Å². The van der Waals surface area contributed by atoms with E-state index in [1.807, 2.05) is 0 Å². The molecule has 0 aliphatic carbocycles. The average molecular weight is 412 g/mol. The predicted octanol–water partition coefficient (Wildman–Crippen LogP) is 2.76. The first-order chi connectivity index (χ1) is 11.6. The second-order valence-electron chi connectivity index (χ2n) is 4.91. The van der Waals surface area contributed by atoms with Crippen LogP contribution in [0.5, 0.6) is 11.5 Å². The normalized spacial score (nSPS) is 12.5. The third kappa shape index (κ3) is 4.07. The molecule has 3 rings (SSSR count). The number of esters is 1. The van der Waals surface area contributed by atoms with Crippen molar-refractivity contribution in [3.8, 4) is 11.5 Å². The Morgan fingerprint density at radius 1 is 1.25 bits per heavy atom. The summed E-state index contributed by atoms with van der Waals surface area (Å²) < 4.78 is 16.9. The van der Waals surface area contributed by atoms with Gasteiger partial charge in [0.15, 0.2) is 11.5 Å². The molecule has 0 bridgehead atoms. The second kappa shape index (κ2) is 7.67. The quantitative estimate of drug-likeness (QED) is 0.765. The van der Waals surface area contributed by atoms with Crippen molar-refractivity contribution in [3.05, 3.63) is 44.6 Å². The molecule has 0 radical (unpaired) electrons. The Hall–Kier alpha value is -2.06. The summed E-state index contributed by atoms with van der Waals surface area (Å²) in [6.07, 6.45) is 0. The largest absolute Gasteiger partial charge is 0.486 e. The zero-order valence-corrected chi connectivity index (χ0v) is 14.9. The lowest BCUT2D eigenvalue weighted by Crippen LogP contribution is -2.30. The van der Waals surface area contributed by atoms with E-state index in [0.29, 0.717) is 29.6 Å². The van der Waals surface area contributed by atoms with Gasteiger partial charge in [0.2, 0.25) is 0 Å². The first-order valence-corrected chi connectivity index (χ1v) is 8.86. The van der Waals surface area contributed by atoms with E-state index in [1.54, 1.807) is 29.6 Å². The molecule has 0 spiro atoms. The summed E-state index contributed by atoms with van der Waals surface area (Å²) in [5.74, 6) is 0.483. The van der Waals surface area contributed by atoms with Crippen LogP contribution in [0.1, 0.15) is 15.2 Å². The molecule has 1 aromatic carbocycles. The van der Waals surface area contributed by atoms with Crippen molar-refractivity contribution in [1.82, 2.24) is 5.32 Å². The summed E-state index contributed by atoms with van der Waals surface area (Å²) in [5, 5.41) is 4.32. The smallest absolute Gasteiger partial charge is 0.325 e. The minimum Gasteiger partial charge on any atom is -0.486 e. The number of halogens is 1. The molecule has 1 aliphatic rings. The average Bonchev–Trinajstić information content (AvgIpc) is 3.12. The van der Waals surface area contributed by atoms with Crippen molar-refractivity contribution in [2.45, 2.75) is 6.61 Å². The maximum atomic E-state index is 11.8. The van der Waals surface area contributed by atoms with Crippen molar-refractivity contribution < 1.29 is 23.8 Å². The van der Waals surface area contributed by atoms with Crippen molar-refractivity contribution in [3.63, 3.8) is 0 Å². The second-order valence-corrected chi connectivity index (χ2v) is 6.71. The van der Waals surface area contributed by atoms with Crippen LogP contribution in [-0.2, 0) is 16.1 Å². The maximum Gasteiger partial charge on any atom is 0.325 e. The fourth-order valence-electron chi connectivity index (χ4n) is 2.07. The Bertz CT molecular complexity index is 747. The summed E-state index contributed by atoms with van der Waals surface area (Å²) in [7, 11) is 0. The topological polar surface area (TPSA) is 73.9 Å². The number of hydrogen-bond acceptors (Lipinski definition) is 6. The SMILES string of the molecule is O=C(CNC(=O)c1cccs1)OCc1cc2c(cc1Br)OCCO2. The molecule has 1 N–H and O–H groups in total. The number of hydrogen-bond donors (Lipinski definition) is 1. The number of carbonyl (C=O) groups is 2. The monoisotopic (exact) mass is 411 g/mol. The molecule has 0 unspecified atom stereocenters. The van der Waals surface area contributed by atoms with Gasteiger partial charge in [-0.05, 0) is 23.6 Å². The molecule has 0 saturated carbocycles. The molecule has 1 aromatic heterocycles. The summed E-state index contributed by atoms with van der Waals surface area (Å²) in [6, 6.07) is 7.03. The molecule has 0 fully saturated rings. The maximum absolute atomic E-state index is 11.8. The fourth-order valence-corrected chi connectivity index (χ4v) is 3.15. The molecule has 1 amide bonds. The van der Waals surface area contributed by atoms with E-state index >= 15 is 0 Å². The zero-order valence-electron chi connectivity index (χ0n) is 12.5. The summed E-state index contributed by atoms with van der Waals surface area (Å²) in [5.41, 5.74) is 0.761. The Balaban J connectivity index is 1.52. The third-order valence-corrected chi connectivity index (χ3v) is 4.84. The Morgan fingerprint density at radius 3 is 2.71 bits per heavy atom. The lowest BCUT2D eigenvalue weighted by Gasteiger charge is -2.19. The Morgan fingerprint density at radius 2 is 2.00 bits per heavy atom. The molecule has 6 nitrogen and oxygen atoms in total. The van der Waals surface area contributed by atoms with Crippen LogP contribution in [0.15, 0.2) is 34.1 Å². The molecule has 2 heterocycles. The van der Waals surface area contributed by atoms with E-state index < -0.39 is 5.97 Å². The van der Waals surface area contributed by atoms with Crippen LogP contribution in [0.3, 0.4) is 0 Å². The van der Waals surface area contributed by atoms with Gasteiger partial charge in [-0.15, -0.1) is 11.3 Å². The number of ether oxygens (including phenoxy) is 3. The van der Waals surface area contributed by atoms with Gasteiger partial charge < -0.3 is 19.5 Å². The van der Waals surface area contributed by atoms with Crippen LogP contribution in [0, 0.1) is 0 Å². The van der Waals surface area contributed by atoms with E-state index in [0.717, 1.165) is 10.0 Å². The van der Waals surface area contributed by atoms with Crippen LogP contribution in [0.2, 0.25) is 0 Å². The molecule has 1 aliphatic heterocycles. The molecule has 24 heavy (non-hydrogen) atoms. The molecule has 0 saturated heterocycles. The van der Waals surface area contributed by atoms with Gasteiger partial charge in [0.25, 0.3) is 5.91 Å². The lowest BCUT2D eigenvalue weighted by molar-refractivity contribution is -0.143. The highest BCUT2D eigenvalue weighted by Gasteiger charge is 2.16. The molecule has 126 valence electrons. The lowest BCUT2D eigenvalue weighted by atomic mass is 10.2. The van der Waals surface area contributed by atoms with E-state index in [-0.39, 0.29) is 19.1 Å².